The molecule has 3 rings (SSSR count). The monoisotopic (exact) mass is 289 g/mol. The molecule has 1 aliphatic heterocycles. The molecule has 2 aromatic heterocycles. The van der Waals surface area contributed by atoms with Crippen LogP contribution in [-0.4, -0.2) is 43.2 Å². The molecule has 3 heterocycles. The van der Waals surface area contributed by atoms with Crippen LogP contribution in [0.3, 0.4) is 0 Å². The molecule has 10 nitrogen and oxygen atoms in total. The number of nitrogens with one attached hydrogen (secondary N) is 3. The van der Waals surface area contributed by atoms with E-state index in [0.29, 0.717) is 24.9 Å². The van der Waals surface area contributed by atoms with Gasteiger partial charge in [-0.15, -0.1) is 0 Å². The van der Waals surface area contributed by atoms with Crippen LogP contribution in [0.15, 0.2) is 18.5 Å². The second-order valence-corrected chi connectivity index (χ2v) is 4.56. The van der Waals surface area contributed by atoms with Crippen molar-refractivity contribution in [2.75, 3.05) is 17.3 Å². The summed E-state index contributed by atoms with van der Waals surface area (Å²) in [5, 5.41) is 10.0. The molecule has 1 unspecified atom stereocenters. The normalized spacial score (nSPS) is 18.1. The van der Waals surface area contributed by atoms with Crippen molar-refractivity contribution >= 4 is 17.8 Å². The molecule has 0 bridgehead atoms. The summed E-state index contributed by atoms with van der Waals surface area (Å²) in [5.41, 5.74) is 2.40. The van der Waals surface area contributed by atoms with Gasteiger partial charge in [0.25, 0.3) is 5.95 Å². The smallest absolute Gasteiger partial charge is 0.257 e. The molecular formula is C11H15N9O. The maximum absolute atomic E-state index is 11.2. The minimum absolute atomic E-state index is 0.0604. The van der Waals surface area contributed by atoms with Gasteiger partial charge in [0.2, 0.25) is 17.8 Å². The van der Waals surface area contributed by atoms with Gasteiger partial charge in [0, 0.05) is 31.4 Å². The van der Waals surface area contributed by atoms with Gasteiger partial charge in [-0.25, -0.2) is 10.5 Å². The number of hydrazine groups is 1. The standard InChI is InChI=1S/C11H15N9O/c12-19-10-16-9(15-7-2-3-8(21)13-6-7)17-11(18-10)20-5-1-4-14-20/h1,4-5,7H,2-3,6,12H2,(H,13,21)(H2,15,16,17,18,19). The average Bonchev–Trinajstić information content (AvgIpc) is 3.04. The number of nitrogens with zero attached hydrogens (tertiary/aromatic N) is 5. The predicted molar refractivity (Wildman–Crippen MR) is 74.4 cm³/mol. The van der Waals surface area contributed by atoms with Gasteiger partial charge >= 0.3 is 0 Å². The molecule has 0 saturated carbocycles. The molecule has 0 spiro atoms. The Balaban J connectivity index is 1.81. The van der Waals surface area contributed by atoms with Crippen molar-refractivity contribution in [3.63, 3.8) is 0 Å². The average molecular weight is 289 g/mol. The van der Waals surface area contributed by atoms with E-state index in [1.807, 2.05) is 0 Å². The number of carbonyl (C=O) groups excluding carboxylic acids is 1. The fourth-order valence-electron chi connectivity index (χ4n) is 2.02. The highest BCUT2D eigenvalue weighted by Gasteiger charge is 2.19. The fraction of sp³-hybridized carbons (Fsp3) is 0.364. The molecule has 0 aromatic carbocycles. The number of hydrogen-bond donors (Lipinski definition) is 4. The predicted octanol–water partition coefficient (Wildman–Crippen LogP) is -0.967. The lowest BCUT2D eigenvalue weighted by atomic mass is 10.1. The quantitative estimate of drug-likeness (QED) is 0.417. The fourth-order valence-corrected chi connectivity index (χ4v) is 2.02. The molecule has 10 heteroatoms. The van der Waals surface area contributed by atoms with Crippen molar-refractivity contribution in [3.05, 3.63) is 18.5 Å². The Morgan fingerprint density at radius 2 is 2.19 bits per heavy atom. The zero-order valence-corrected chi connectivity index (χ0v) is 11.2. The number of nitrogen functional groups attached to an aromatic ring is 1. The molecule has 1 atom stereocenters. The molecule has 21 heavy (non-hydrogen) atoms. The van der Waals surface area contributed by atoms with Crippen molar-refractivity contribution in [1.29, 1.82) is 0 Å². The maximum Gasteiger partial charge on any atom is 0.257 e. The molecule has 110 valence electrons. The minimum Gasteiger partial charge on any atom is -0.354 e. The molecular weight excluding hydrogens is 274 g/mol. The van der Waals surface area contributed by atoms with Crippen LogP contribution in [0.2, 0.25) is 0 Å². The zero-order chi connectivity index (χ0) is 14.7. The summed E-state index contributed by atoms with van der Waals surface area (Å²) < 4.78 is 1.51. The van der Waals surface area contributed by atoms with Gasteiger partial charge in [0.05, 0.1) is 0 Å². The summed E-state index contributed by atoms with van der Waals surface area (Å²) in [5.74, 6) is 6.40. The van der Waals surface area contributed by atoms with Crippen LogP contribution in [0.4, 0.5) is 11.9 Å². The number of anilines is 2. The van der Waals surface area contributed by atoms with Crippen LogP contribution in [0.1, 0.15) is 12.8 Å². The highest BCUT2D eigenvalue weighted by molar-refractivity contribution is 5.76. The van der Waals surface area contributed by atoms with Gasteiger partial charge < -0.3 is 10.6 Å². The summed E-state index contributed by atoms with van der Waals surface area (Å²) in [6, 6.07) is 1.84. The Labute approximate surface area is 120 Å². The third kappa shape index (κ3) is 3.05. The molecule has 1 amide bonds. The number of aromatic nitrogens is 5. The number of hydrogen-bond acceptors (Lipinski definition) is 8. The van der Waals surface area contributed by atoms with Crippen molar-refractivity contribution in [3.8, 4) is 5.95 Å². The molecule has 0 radical (unpaired) electrons. The lowest BCUT2D eigenvalue weighted by Gasteiger charge is -2.23. The van der Waals surface area contributed by atoms with Gasteiger partial charge in [-0.1, -0.05) is 0 Å². The SMILES string of the molecule is NNc1nc(NC2CCC(=O)NC2)nc(-n2cccn2)n1. The van der Waals surface area contributed by atoms with Crippen LogP contribution < -0.4 is 21.9 Å². The molecule has 0 aliphatic carbocycles. The lowest BCUT2D eigenvalue weighted by molar-refractivity contribution is -0.122. The van der Waals surface area contributed by atoms with E-state index in [1.54, 1.807) is 18.5 Å². The first-order valence-electron chi connectivity index (χ1n) is 6.50. The van der Waals surface area contributed by atoms with Crippen molar-refractivity contribution in [2.24, 2.45) is 5.84 Å². The van der Waals surface area contributed by atoms with Crippen molar-refractivity contribution < 1.29 is 4.79 Å². The van der Waals surface area contributed by atoms with Crippen LogP contribution in [0.5, 0.6) is 0 Å². The van der Waals surface area contributed by atoms with Crippen LogP contribution >= 0.6 is 0 Å². The number of nitrogens with two attached hydrogens (primary N) is 1. The first-order valence-corrected chi connectivity index (χ1v) is 6.50. The Morgan fingerprint density at radius 1 is 1.33 bits per heavy atom. The van der Waals surface area contributed by atoms with Crippen LogP contribution in [-0.2, 0) is 4.79 Å². The number of amides is 1. The topological polar surface area (TPSA) is 136 Å². The van der Waals surface area contributed by atoms with E-state index in [2.05, 4.69) is 36.1 Å². The summed E-state index contributed by atoms with van der Waals surface area (Å²) in [6.07, 6.45) is 4.56. The van der Waals surface area contributed by atoms with E-state index < -0.39 is 0 Å². The van der Waals surface area contributed by atoms with Gasteiger partial charge in [-0.3, -0.25) is 10.2 Å². The highest BCUT2D eigenvalue weighted by atomic mass is 16.1. The van der Waals surface area contributed by atoms with Gasteiger partial charge in [-0.05, 0) is 12.5 Å². The summed E-state index contributed by atoms with van der Waals surface area (Å²) in [4.78, 5) is 23.7. The van der Waals surface area contributed by atoms with E-state index in [1.165, 1.54) is 4.68 Å². The molecule has 1 fully saturated rings. The number of rotatable bonds is 4. The Morgan fingerprint density at radius 3 is 2.86 bits per heavy atom. The van der Waals surface area contributed by atoms with Crippen LogP contribution in [0, 0.1) is 0 Å². The van der Waals surface area contributed by atoms with Crippen molar-refractivity contribution in [1.82, 2.24) is 30.0 Å². The second kappa shape index (κ2) is 5.71. The Bertz CT molecular complexity index is 617. The number of piperidine rings is 1. The van der Waals surface area contributed by atoms with Gasteiger partial charge in [0.1, 0.15) is 0 Å². The maximum atomic E-state index is 11.2. The molecule has 2 aromatic rings. The lowest BCUT2D eigenvalue weighted by Crippen LogP contribution is -2.42. The molecule has 5 N–H and O–H groups in total. The van der Waals surface area contributed by atoms with E-state index in [4.69, 9.17) is 5.84 Å². The third-order valence-electron chi connectivity index (χ3n) is 3.06. The van der Waals surface area contributed by atoms with Gasteiger partial charge in [-0.2, -0.15) is 20.1 Å². The van der Waals surface area contributed by atoms with Gasteiger partial charge in [0.15, 0.2) is 0 Å². The first-order chi connectivity index (χ1) is 10.2. The third-order valence-corrected chi connectivity index (χ3v) is 3.06. The summed E-state index contributed by atoms with van der Waals surface area (Å²) in [7, 11) is 0. The second-order valence-electron chi connectivity index (χ2n) is 4.56. The van der Waals surface area contributed by atoms with Crippen LogP contribution in [0.25, 0.3) is 5.95 Å². The largest absolute Gasteiger partial charge is 0.354 e. The minimum atomic E-state index is 0.0604. The summed E-state index contributed by atoms with van der Waals surface area (Å²) in [6.45, 7) is 0.535. The highest BCUT2D eigenvalue weighted by Crippen LogP contribution is 2.12. The Hall–Kier alpha value is -2.75. The van der Waals surface area contributed by atoms with E-state index >= 15 is 0 Å². The summed E-state index contributed by atoms with van der Waals surface area (Å²) >= 11 is 0. The van der Waals surface area contributed by atoms with Crippen molar-refractivity contribution in [2.45, 2.75) is 18.9 Å². The molecule has 1 saturated heterocycles. The molecule has 1 aliphatic rings. The van der Waals surface area contributed by atoms with E-state index in [-0.39, 0.29) is 17.9 Å². The number of carbonyl (C=O) groups is 1. The van der Waals surface area contributed by atoms with E-state index in [0.717, 1.165) is 6.42 Å². The van der Waals surface area contributed by atoms with E-state index in [9.17, 15) is 4.79 Å². The zero-order valence-electron chi connectivity index (χ0n) is 11.2. The Kier molecular flexibility index (Phi) is 3.60. The first kappa shape index (κ1) is 13.2.